The van der Waals surface area contributed by atoms with Crippen LogP contribution in [0.2, 0.25) is 0 Å². The van der Waals surface area contributed by atoms with Crippen LogP contribution >= 0.6 is 0 Å². The molecule has 0 aromatic carbocycles. The Kier molecular flexibility index (Phi) is 6.67. The molecule has 0 bridgehead atoms. The molecule has 0 fully saturated rings. The molecule has 174 valence electrons. The molecular weight excluding hydrogens is 402 g/mol. The maximum absolute atomic E-state index is 12.9. The highest BCUT2D eigenvalue weighted by atomic mass is 16.1. The number of Topliss-reactive ketones (excluding diaryl/α,β-unsaturated/α-hetero) is 1. The van der Waals surface area contributed by atoms with Crippen molar-refractivity contribution >= 4 is 22.9 Å². The summed E-state index contributed by atoms with van der Waals surface area (Å²) in [6, 6.07) is 1.71. The van der Waals surface area contributed by atoms with Gasteiger partial charge in [-0.15, -0.1) is 0 Å². The number of imidazole rings is 1. The van der Waals surface area contributed by atoms with Crippen LogP contribution in [0, 0.1) is 5.92 Å². The van der Waals surface area contributed by atoms with Gasteiger partial charge in [0.15, 0.2) is 17.1 Å². The molecule has 3 heterocycles. The molecule has 1 aliphatic carbocycles. The van der Waals surface area contributed by atoms with Gasteiger partial charge in [0, 0.05) is 20.5 Å². The number of carbonyl (C=O) groups excluding carboxylic acids is 2. The Morgan fingerprint density at radius 1 is 1.38 bits per heavy atom. The van der Waals surface area contributed by atoms with Crippen molar-refractivity contribution in [1.82, 2.24) is 19.7 Å². The largest absolute Gasteiger partial charge is 0.383 e. The lowest BCUT2D eigenvalue weighted by atomic mass is 9.89. The van der Waals surface area contributed by atoms with Crippen LogP contribution in [0.25, 0.3) is 11.2 Å². The Balaban J connectivity index is 0.00000141. The first kappa shape index (κ1) is 23.4. The normalized spacial score (nSPS) is 18.6. The van der Waals surface area contributed by atoms with Gasteiger partial charge < -0.3 is 11.1 Å². The number of carbonyl (C=O) groups is 2. The van der Waals surface area contributed by atoms with Gasteiger partial charge in [0.2, 0.25) is 0 Å². The van der Waals surface area contributed by atoms with E-state index in [1.807, 2.05) is 20.8 Å². The molecule has 1 atom stereocenters. The van der Waals surface area contributed by atoms with E-state index < -0.39 is 5.91 Å². The van der Waals surface area contributed by atoms with Crippen molar-refractivity contribution in [3.05, 3.63) is 59.5 Å². The van der Waals surface area contributed by atoms with Crippen LogP contribution in [0.5, 0.6) is 0 Å². The number of ketones is 1. The first-order valence-electron chi connectivity index (χ1n) is 11.2. The minimum absolute atomic E-state index is 0. The number of fused-ring (bicyclic) bond motifs is 1. The molecule has 0 spiro atoms. The van der Waals surface area contributed by atoms with Gasteiger partial charge in [-0.2, -0.15) is 0 Å². The summed E-state index contributed by atoms with van der Waals surface area (Å²) >= 11 is 0. The van der Waals surface area contributed by atoms with Crippen LogP contribution in [-0.2, 0) is 0 Å². The predicted molar refractivity (Wildman–Crippen MR) is 131 cm³/mol. The topological polar surface area (TPSA) is 102 Å². The summed E-state index contributed by atoms with van der Waals surface area (Å²) < 4.78 is 1.64. The molecule has 2 aromatic heterocycles. The predicted octanol–water partition coefficient (Wildman–Crippen LogP) is 4.94. The number of aromatic nitrogens is 3. The van der Waals surface area contributed by atoms with Gasteiger partial charge in [-0.05, 0) is 63.2 Å². The summed E-state index contributed by atoms with van der Waals surface area (Å²) in [6.45, 7) is 14.2. The van der Waals surface area contributed by atoms with E-state index >= 15 is 0 Å². The molecular formula is C25H37N5O2. The molecule has 1 amide bonds. The van der Waals surface area contributed by atoms with Gasteiger partial charge in [0.25, 0.3) is 5.91 Å². The van der Waals surface area contributed by atoms with Crippen LogP contribution < -0.4 is 11.1 Å². The van der Waals surface area contributed by atoms with E-state index in [0.717, 1.165) is 24.8 Å². The number of hydrogen-bond acceptors (Lipinski definition) is 5. The fraction of sp³-hybridized carbons (Fsp3) is 0.440. The standard InChI is InChI=1S/C23H27N5O2.C2H6.2H2/c1-13(2)18-10-17(26-22-20(21(24)30)25-12-28(18)22)19(29)8-6-14-5-7-15-11-23(3,4)27-16(15)9-14;1-2;;/h5,7,10,12,14,27H,1,6,8-9,11H2,2-4H3,(H2,24,30);1-2H3;2*1H. The lowest BCUT2D eigenvalue weighted by Gasteiger charge is -2.22. The van der Waals surface area contributed by atoms with Gasteiger partial charge in [0.05, 0.1) is 5.69 Å². The van der Waals surface area contributed by atoms with E-state index in [9.17, 15) is 9.59 Å². The van der Waals surface area contributed by atoms with Crippen LogP contribution in [-0.4, -0.2) is 31.6 Å². The molecule has 2 aliphatic rings. The first-order valence-corrected chi connectivity index (χ1v) is 11.2. The van der Waals surface area contributed by atoms with Crippen LogP contribution in [0.4, 0.5) is 0 Å². The summed E-state index contributed by atoms with van der Waals surface area (Å²) in [7, 11) is 0. The van der Waals surface area contributed by atoms with Crippen molar-refractivity contribution in [3.63, 3.8) is 0 Å². The molecule has 0 saturated heterocycles. The van der Waals surface area contributed by atoms with Gasteiger partial charge >= 0.3 is 0 Å². The van der Waals surface area contributed by atoms with E-state index in [1.165, 1.54) is 17.6 Å². The molecule has 7 heteroatoms. The number of nitrogens with zero attached hydrogens (tertiary/aromatic N) is 3. The summed E-state index contributed by atoms with van der Waals surface area (Å²) in [5.41, 5.74) is 10.3. The number of nitrogens with one attached hydrogen (secondary N) is 1. The minimum atomic E-state index is -0.675. The lowest BCUT2D eigenvalue weighted by molar-refractivity contribution is 0.0967. The average molecular weight is 440 g/mol. The van der Waals surface area contributed by atoms with Gasteiger partial charge in [-0.25, -0.2) is 9.97 Å². The molecule has 0 radical (unpaired) electrons. The molecule has 7 nitrogen and oxygen atoms in total. The highest BCUT2D eigenvalue weighted by Crippen LogP contribution is 2.36. The smallest absolute Gasteiger partial charge is 0.271 e. The number of allylic oxidation sites excluding steroid dienone is 4. The molecule has 4 rings (SSSR count). The molecule has 0 saturated carbocycles. The van der Waals surface area contributed by atoms with Gasteiger partial charge in [-0.1, -0.05) is 32.6 Å². The van der Waals surface area contributed by atoms with Crippen molar-refractivity contribution in [3.8, 4) is 0 Å². The maximum atomic E-state index is 12.9. The van der Waals surface area contributed by atoms with Crippen molar-refractivity contribution in [2.24, 2.45) is 11.7 Å². The van der Waals surface area contributed by atoms with Crippen molar-refractivity contribution in [1.29, 1.82) is 0 Å². The minimum Gasteiger partial charge on any atom is -0.383 e. The van der Waals surface area contributed by atoms with Crippen molar-refractivity contribution < 1.29 is 12.4 Å². The first-order chi connectivity index (χ1) is 15.1. The monoisotopic (exact) mass is 439 g/mol. The number of primary amides is 1. The Morgan fingerprint density at radius 3 is 2.75 bits per heavy atom. The second kappa shape index (κ2) is 9.10. The molecule has 2 aromatic rings. The highest BCUT2D eigenvalue weighted by Gasteiger charge is 2.31. The zero-order valence-electron chi connectivity index (χ0n) is 19.7. The Bertz CT molecular complexity index is 1150. The highest BCUT2D eigenvalue weighted by molar-refractivity contribution is 5.99. The summed E-state index contributed by atoms with van der Waals surface area (Å²) in [4.78, 5) is 33.1. The third-order valence-electron chi connectivity index (χ3n) is 5.75. The second-order valence-corrected chi connectivity index (χ2v) is 8.93. The Morgan fingerprint density at radius 2 is 2.09 bits per heavy atom. The zero-order chi connectivity index (χ0) is 23.6. The third-order valence-corrected chi connectivity index (χ3v) is 5.75. The Labute approximate surface area is 192 Å². The fourth-order valence-corrected chi connectivity index (χ4v) is 4.30. The van der Waals surface area contributed by atoms with E-state index in [2.05, 4.69) is 47.9 Å². The Hall–Kier alpha value is -3.22. The van der Waals surface area contributed by atoms with E-state index in [1.54, 1.807) is 10.5 Å². The number of amides is 1. The average Bonchev–Trinajstić information content (AvgIpc) is 3.31. The van der Waals surface area contributed by atoms with Crippen molar-refractivity contribution in [2.75, 3.05) is 0 Å². The molecule has 3 N–H and O–H groups in total. The van der Waals surface area contributed by atoms with Gasteiger partial charge in [-0.3, -0.25) is 14.0 Å². The number of nitrogens with two attached hydrogens (primary N) is 1. The van der Waals surface area contributed by atoms with Crippen LogP contribution in [0.15, 0.2) is 42.4 Å². The molecule has 1 unspecified atom stereocenters. The lowest BCUT2D eigenvalue weighted by Crippen LogP contribution is -2.33. The zero-order valence-corrected chi connectivity index (χ0v) is 19.7. The molecule has 32 heavy (non-hydrogen) atoms. The quantitative estimate of drug-likeness (QED) is 0.620. The van der Waals surface area contributed by atoms with Crippen LogP contribution in [0.3, 0.4) is 0 Å². The SMILES string of the molecule is C=C(C)c1cc(C(=O)CCC2C=CC3=C(C2)NC(C)(C)C3)nc2c(C(N)=O)ncn12.CC.[HH].[HH]. The van der Waals surface area contributed by atoms with E-state index in [-0.39, 0.29) is 25.5 Å². The summed E-state index contributed by atoms with van der Waals surface area (Å²) in [6.07, 6.45) is 8.98. The van der Waals surface area contributed by atoms with Gasteiger partial charge in [0.1, 0.15) is 12.0 Å². The summed E-state index contributed by atoms with van der Waals surface area (Å²) in [5.74, 6) is -0.426. The van der Waals surface area contributed by atoms with E-state index in [0.29, 0.717) is 23.7 Å². The fourth-order valence-electron chi connectivity index (χ4n) is 4.30. The van der Waals surface area contributed by atoms with E-state index in [4.69, 9.17) is 5.73 Å². The molecule has 1 aliphatic heterocycles. The summed E-state index contributed by atoms with van der Waals surface area (Å²) in [5, 5.41) is 3.60. The second-order valence-electron chi connectivity index (χ2n) is 8.93. The third kappa shape index (κ3) is 4.66. The maximum Gasteiger partial charge on any atom is 0.271 e. The number of rotatable bonds is 6. The number of hydrogen-bond donors (Lipinski definition) is 2. The van der Waals surface area contributed by atoms with Crippen LogP contribution in [0.1, 0.15) is 89.8 Å². The van der Waals surface area contributed by atoms with Crippen molar-refractivity contribution in [2.45, 2.75) is 65.8 Å².